The van der Waals surface area contributed by atoms with Crippen molar-refractivity contribution in [2.75, 3.05) is 33.2 Å². The van der Waals surface area contributed by atoms with E-state index in [1.54, 1.807) is 21.3 Å². The van der Waals surface area contributed by atoms with Crippen LogP contribution in [0.2, 0.25) is 5.02 Å². The molecule has 0 bridgehead atoms. The molecule has 6 nitrogen and oxygen atoms in total. The number of halogens is 1. The van der Waals surface area contributed by atoms with E-state index >= 15 is 0 Å². The number of aromatic nitrogens is 2. The average Bonchev–Trinajstić information content (AvgIpc) is 2.95. The molecule has 0 radical (unpaired) electrons. The molecule has 1 aliphatic heterocycles. The largest absolute Gasteiger partial charge is 0.493 e. The summed E-state index contributed by atoms with van der Waals surface area (Å²) in [5.74, 6) is 2.79. The number of methoxy groups -OCH3 is 3. The first kappa shape index (κ1) is 20.4. The second-order valence-corrected chi connectivity index (χ2v) is 7.73. The van der Waals surface area contributed by atoms with Crippen molar-refractivity contribution < 1.29 is 14.2 Å². The molecule has 0 fully saturated rings. The lowest BCUT2D eigenvalue weighted by Crippen LogP contribution is -2.07. The third-order valence-corrected chi connectivity index (χ3v) is 5.87. The van der Waals surface area contributed by atoms with E-state index in [9.17, 15) is 0 Å². The highest BCUT2D eigenvalue weighted by Crippen LogP contribution is 2.43. The highest BCUT2D eigenvalue weighted by Gasteiger charge is 2.24. The Hall–Kier alpha value is -2.86. The van der Waals surface area contributed by atoms with Crippen molar-refractivity contribution in [3.8, 4) is 34.2 Å². The molecule has 1 N–H and O–H groups in total. The summed E-state index contributed by atoms with van der Waals surface area (Å²) in [6.07, 6.45) is 3.14. The van der Waals surface area contributed by atoms with E-state index in [0.717, 1.165) is 59.2 Å². The quantitative estimate of drug-likeness (QED) is 0.600. The van der Waals surface area contributed by atoms with Gasteiger partial charge in [-0.05, 0) is 56.0 Å². The highest BCUT2D eigenvalue weighted by atomic mass is 35.5. The first-order chi connectivity index (χ1) is 14.6. The van der Waals surface area contributed by atoms with E-state index in [2.05, 4.69) is 5.32 Å². The normalized spacial score (nSPS) is 13.2. The molecule has 2 aromatic carbocycles. The van der Waals surface area contributed by atoms with E-state index in [4.69, 9.17) is 30.9 Å². The summed E-state index contributed by atoms with van der Waals surface area (Å²) in [5.41, 5.74) is 4.96. The summed E-state index contributed by atoms with van der Waals surface area (Å²) in [6, 6.07) is 9.90. The van der Waals surface area contributed by atoms with Crippen molar-refractivity contribution >= 4 is 17.4 Å². The molecule has 3 aromatic rings. The van der Waals surface area contributed by atoms with Gasteiger partial charge in [-0.1, -0.05) is 17.7 Å². The molecule has 0 atom stereocenters. The molecular weight excluding hydrogens is 402 g/mol. The van der Waals surface area contributed by atoms with Gasteiger partial charge in [-0.15, -0.1) is 0 Å². The van der Waals surface area contributed by atoms with Crippen LogP contribution in [-0.2, 0) is 6.42 Å². The van der Waals surface area contributed by atoms with Gasteiger partial charge in [0.1, 0.15) is 5.82 Å². The zero-order valence-electron chi connectivity index (χ0n) is 17.7. The molecule has 1 aromatic heterocycles. The smallest absolute Gasteiger partial charge is 0.203 e. The van der Waals surface area contributed by atoms with Crippen molar-refractivity contribution in [2.45, 2.75) is 26.2 Å². The minimum Gasteiger partial charge on any atom is -0.493 e. The van der Waals surface area contributed by atoms with Gasteiger partial charge in [-0.25, -0.2) is 4.68 Å². The van der Waals surface area contributed by atoms with Crippen LogP contribution in [0.4, 0.5) is 5.82 Å². The Kier molecular flexibility index (Phi) is 5.77. The Morgan fingerprint density at radius 3 is 2.37 bits per heavy atom. The number of aryl methyl sites for hydroxylation is 1. The summed E-state index contributed by atoms with van der Waals surface area (Å²) in [7, 11) is 4.85. The number of benzene rings is 2. The lowest BCUT2D eigenvalue weighted by molar-refractivity contribution is 0.324. The Bertz CT molecular complexity index is 1050. The van der Waals surface area contributed by atoms with Gasteiger partial charge in [0.15, 0.2) is 11.5 Å². The molecule has 0 saturated heterocycles. The predicted octanol–water partition coefficient (Wildman–Crippen LogP) is 5.28. The Balaban J connectivity index is 1.93. The van der Waals surface area contributed by atoms with Gasteiger partial charge >= 0.3 is 0 Å². The zero-order chi connectivity index (χ0) is 21.3. The molecule has 2 heterocycles. The number of nitrogens with zero attached hydrogens (tertiary/aromatic N) is 2. The van der Waals surface area contributed by atoms with Crippen molar-refractivity contribution in [1.82, 2.24) is 9.78 Å². The molecule has 4 rings (SSSR count). The summed E-state index contributed by atoms with van der Waals surface area (Å²) in [4.78, 5) is 0. The molecule has 0 saturated carbocycles. The number of anilines is 1. The van der Waals surface area contributed by atoms with Crippen molar-refractivity contribution in [2.24, 2.45) is 0 Å². The van der Waals surface area contributed by atoms with E-state index in [1.807, 2.05) is 41.9 Å². The molecule has 0 aliphatic carbocycles. The van der Waals surface area contributed by atoms with Gasteiger partial charge in [0.05, 0.1) is 32.7 Å². The monoisotopic (exact) mass is 427 g/mol. The number of nitrogens with one attached hydrogen (secondary N) is 1. The predicted molar refractivity (Wildman–Crippen MR) is 120 cm³/mol. The lowest BCUT2D eigenvalue weighted by atomic mass is 10.0. The second kappa shape index (κ2) is 8.48. The Morgan fingerprint density at radius 2 is 1.73 bits per heavy atom. The third kappa shape index (κ3) is 3.56. The van der Waals surface area contributed by atoms with E-state index in [-0.39, 0.29) is 0 Å². The molecule has 30 heavy (non-hydrogen) atoms. The summed E-state index contributed by atoms with van der Waals surface area (Å²) < 4.78 is 18.5. The van der Waals surface area contributed by atoms with Crippen LogP contribution in [-0.4, -0.2) is 37.7 Å². The van der Waals surface area contributed by atoms with E-state index < -0.39 is 0 Å². The number of fused-ring (bicyclic) bond motifs is 1. The fourth-order valence-electron chi connectivity index (χ4n) is 3.85. The minimum absolute atomic E-state index is 0.567. The van der Waals surface area contributed by atoms with Crippen molar-refractivity contribution in [3.05, 3.63) is 46.5 Å². The second-order valence-electron chi connectivity index (χ2n) is 7.32. The number of hydrogen-bond acceptors (Lipinski definition) is 5. The van der Waals surface area contributed by atoms with Crippen LogP contribution in [0, 0.1) is 6.92 Å². The van der Waals surface area contributed by atoms with Crippen LogP contribution in [0.1, 0.15) is 24.0 Å². The van der Waals surface area contributed by atoms with Crippen LogP contribution in [0.15, 0.2) is 30.3 Å². The van der Waals surface area contributed by atoms with Gasteiger partial charge in [-0.3, -0.25) is 0 Å². The maximum Gasteiger partial charge on any atom is 0.203 e. The molecule has 7 heteroatoms. The van der Waals surface area contributed by atoms with Gasteiger partial charge in [0.2, 0.25) is 5.75 Å². The average molecular weight is 428 g/mol. The van der Waals surface area contributed by atoms with Crippen molar-refractivity contribution in [1.29, 1.82) is 0 Å². The van der Waals surface area contributed by atoms with Crippen LogP contribution in [0.5, 0.6) is 17.2 Å². The Labute approximate surface area is 181 Å². The zero-order valence-corrected chi connectivity index (χ0v) is 18.5. The summed E-state index contributed by atoms with van der Waals surface area (Å²) in [6.45, 7) is 2.91. The molecule has 158 valence electrons. The van der Waals surface area contributed by atoms with Crippen molar-refractivity contribution in [3.63, 3.8) is 0 Å². The van der Waals surface area contributed by atoms with Gasteiger partial charge in [0, 0.05) is 22.7 Å². The molecule has 0 unspecified atom stereocenters. The van der Waals surface area contributed by atoms with Crippen LogP contribution in [0.25, 0.3) is 16.9 Å². The topological polar surface area (TPSA) is 57.5 Å². The van der Waals surface area contributed by atoms with Gasteiger partial charge < -0.3 is 19.5 Å². The number of rotatable bonds is 5. The summed E-state index contributed by atoms with van der Waals surface area (Å²) >= 11 is 6.41. The van der Waals surface area contributed by atoms with Gasteiger partial charge in [-0.2, -0.15) is 5.10 Å². The highest BCUT2D eigenvalue weighted by molar-refractivity contribution is 6.31. The first-order valence-corrected chi connectivity index (χ1v) is 10.4. The first-order valence-electron chi connectivity index (χ1n) is 10.00. The molecule has 1 aliphatic rings. The fourth-order valence-corrected chi connectivity index (χ4v) is 4.03. The molecule has 0 spiro atoms. The Morgan fingerprint density at radius 1 is 1.00 bits per heavy atom. The lowest BCUT2D eigenvalue weighted by Gasteiger charge is -2.14. The van der Waals surface area contributed by atoms with Gasteiger partial charge in [0.25, 0.3) is 0 Å². The maximum atomic E-state index is 6.41. The number of ether oxygens (including phenoxy) is 3. The minimum atomic E-state index is 0.567. The van der Waals surface area contributed by atoms with E-state index in [1.165, 1.54) is 5.56 Å². The number of hydrogen-bond donors (Lipinski definition) is 1. The maximum absolute atomic E-state index is 6.41. The summed E-state index contributed by atoms with van der Waals surface area (Å²) in [5, 5.41) is 9.28. The SMILES string of the molecule is COc1cc(-c2nn(-c3ccc(C)c(Cl)c3)c3c2CCCCN3)cc(OC)c1OC. The fraction of sp³-hybridized carbons (Fsp3) is 0.348. The van der Waals surface area contributed by atoms with Crippen LogP contribution >= 0.6 is 11.6 Å². The molecular formula is C23H26ClN3O3. The van der Waals surface area contributed by atoms with Crippen LogP contribution in [0.3, 0.4) is 0 Å². The molecule has 0 amide bonds. The standard InChI is InChI=1S/C23H26ClN3O3/c1-14-8-9-16(13-18(14)24)27-23-17(7-5-6-10-25-23)21(26-27)15-11-19(28-2)22(30-4)20(12-15)29-3/h8-9,11-13,25H,5-7,10H2,1-4H3. The third-order valence-electron chi connectivity index (χ3n) is 5.47. The van der Waals surface area contributed by atoms with E-state index in [0.29, 0.717) is 17.2 Å². The van der Waals surface area contributed by atoms with Crippen LogP contribution < -0.4 is 19.5 Å².